The third-order valence-corrected chi connectivity index (χ3v) is 2.58. The number of carboxylic acid groups (broad SMARTS) is 1. The van der Waals surface area contributed by atoms with Crippen LogP contribution in [0.5, 0.6) is 0 Å². The lowest BCUT2D eigenvalue weighted by atomic mass is 10.1. The second kappa shape index (κ2) is 4.56. The fourth-order valence-corrected chi connectivity index (χ4v) is 1.47. The highest BCUT2D eigenvalue weighted by atomic mass is 127. The zero-order chi connectivity index (χ0) is 10.7. The van der Waals surface area contributed by atoms with Gasteiger partial charge in [-0.15, -0.1) is 0 Å². The predicted octanol–water partition coefficient (Wildman–Crippen LogP) is 0.743. The molecule has 0 bridgehead atoms. The minimum absolute atomic E-state index is 0.109. The number of aromatic nitrogens is 1. The van der Waals surface area contributed by atoms with Gasteiger partial charge in [0, 0.05) is 12.2 Å². The van der Waals surface area contributed by atoms with Gasteiger partial charge in [-0.25, -0.2) is 4.98 Å². The van der Waals surface area contributed by atoms with Gasteiger partial charge in [-0.1, -0.05) is 0 Å². The number of carbonyl (C=O) groups is 1. The first-order chi connectivity index (χ1) is 6.50. The van der Waals surface area contributed by atoms with Gasteiger partial charge in [0.05, 0.1) is 9.99 Å². The molecule has 0 amide bonds. The number of nitrogen functional groups attached to an aromatic ring is 1. The number of anilines is 1. The van der Waals surface area contributed by atoms with Crippen LogP contribution in [-0.4, -0.2) is 16.1 Å². The SMILES string of the molecule is Nc1ncc(C(N)CC(=O)O)cc1I. The van der Waals surface area contributed by atoms with E-state index >= 15 is 0 Å². The highest BCUT2D eigenvalue weighted by Crippen LogP contribution is 2.19. The Morgan fingerprint density at radius 2 is 2.36 bits per heavy atom. The van der Waals surface area contributed by atoms with Crippen LogP contribution >= 0.6 is 22.6 Å². The lowest BCUT2D eigenvalue weighted by molar-refractivity contribution is -0.137. The molecule has 1 aromatic rings. The summed E-state index contributed by atoms with van der Waals surface area (Å²) in [4.78, 5) is 14.3. The van der Waals surface area contributed by atoms with E-state index in [1.807, 2.05) is 22.6 Å². The normalized spacial score (nSPS) is 12.4. The standard InChI is InChI=1S/C8H10IN3O2/c9-5-1-4(3-12-8(5)11)6(10)2-7(13)14/h1,3,6H,2,10H2,(H2,11,12)(H,13,14). The van der Waals surface area contributed by atoms with Gasteiger partial charge in [-0.3, -0.25) is 4.79 Å². The molecule has 6 heteroatoms. The van der Waals surface area contributed by atoms with Gasteiger partial charge in [0.2, 0.25) is 0 Å². The van der Waals surface area contributed by atoms with Crippen LogP contribution in [0, 0.1) is 3.57 Å². The van der Waals surface area contributed by atoms with Crippen LogP contribution in [0.1, 0.15) is 18.0 Å². The third-order valence-electron chi connectivity index (χ3n) is 1.71. The van der Waals surface area contributed by atoms with E-state index in [9.17, 15) is 4.79 Å². The second-order valence-corrected chi connectivity index (χ2v) is 4.00. The van der Waals surface area contributed by atoms with Crippen LogP contribution < -0.4 is 11.5 Å². The predicted molar refractivity (Wildman–Crippen MR) is 60.5 cm³/mol. The summed E-state index contributed by atoms with van der Waals surface area (Å²) in [5.41, 5.74) is 11.9. The molecule has 0 fully saturated rings. The van der Waals surface area contributed by atoms with E-state index in [1.54, 1.807) is 6.07 Å². The van der Waals surface area contributed by atoms with Gasteiger partial charge < -0.3 is 16.6 Å². The molecule has 1 aromatic heterocycles. The first-order valence-electron chi connectivity index (χ1n) is 3.89. The number of halogens is 1. The number of hydrogen-bond donors (Lipinski definition) is 3. The fraction of sp³-hybridized carbons (Fsp3) is 0.250. The molecule has 0 aliphatic heterocycles. The number of carboxylic acids is 1. The lowest BCUT2D eigenvalue weighted by Crippen LogP contribution is -2.15. The zero-order valence-corrected chi connectivity index (χ0v) is 9.43. The van der Waals surface area contributed by atoms with Crippen molar-refractivity contribution in [2.75, 3.05) is 5.73 Å². The molecular formula is C8H10IN3O2. The van der Waals surface area contributed by atoms with E-state index in [2.05, 4.69) is 4.98 Å². The lowest BCUT2D eigenvalue weighted by Gasteiger charge is -2.09. The monoisotopic (exact) mass is 307 g/mol. The maximum Gasteiger partial charge on any atom is 0.305 e. The minimum Gasteiger partial charge on any atom is -0.481 e. The van der Waals surface area contributed by atoms with Crippen LogP contribution in [0.2, 0.25) is 0 Å². The molecule has 0 saturated carbocycles. The summed E-state index contributed by atoms with van der Waals surface area (Å²) in [5, 5.41) is 8.54. The molecule has 0 aliphatic carbocycles. The molecule has 0 spiro atoms. The quantitative estimate of drug-likeness (QED) is 0.715. The molecule has 1 heterocycles. The average molecular weight is 307 g/mol. The van der Waals surface area contributed by atoms with Crippen LogP contribution in [-0.2, 0) is 4.79 Å². The molecule has 0 aliphatic rings. The van der Waals surface area contributed by atoms with E-state index in [1.165, 1.54) is 6.20 Å². The molecule has 14 heavy (non-hydrogen) atoms. The van der Waals surface area contributed by atoms with Crippen molar-refractivity contribution < 1.29 is 9.90 Å². The Morgan fingerprint density at radius 1 is 1.71 bits per heavy atom. The number of rotatable bonds is 3. The summed E-state index contributed by atoms with van der Waals surface area (Å²) < 4.78 is 0.779. The Morgan fingerprint density at radius 3 is 2.86 bits per heavy atom. The van der Waals surface area contributed by atoms with Crippen LogP contribution in [0.4, 0.5) is 5.82 Å². The minimum atomic E-state index is -0.927. The Labute approximate surface area is 94.6 Å². The van der Waals surface area contributed by atoms with Gasteiger partial charge >= 0.3 is 5.97 Å². The van der Waals surface area contributed by atoms with Crippen molar-refractivity contribution in [2.24, 2.45) is 5.73 Å². The van der Waals surface area contributed by atoms with Crippen molar-refractivity contribution >= 4 is 34.4 Å². The summed E-state index contributed by atoms with van der Waals surface area (Å²) in [6.07, 6.45) is 1.40. The molecule has 1 rings (SSSR count). The Balaban J connectivity index is 2.85. The summed E-state index contributed by atoms with van der Waals surface area (Å²) in [6, 6.07) is 1.21. The number of nitrogens with two attached hydrogens (primary N) is 2. The Hall–Kier alpha value is -0.890. The van der Waals surface area contributed by atoms with Crippen LogP contribution in [0.25, 0.3) is 0 Å². The van der Waals surface area contributed by atoms with E-state index in [4.69, 9.17) is 16.6 Å². The highest BCUT2D eigenvalue weighted by molar-refractivity contribution is 14.1. The van der Waals surface area contributed by atoms with E-state index in [-0.39, 0.29) is 6.42 Å². The molecular weight excluding hydrogens is 297 g/mol. The van der Waals surface area contributed by atoms with E-state index in [0.717, 1.165) is 3.57 Å². The maximum absolute atomic E-state index is 10.4. The molecule has 0 aromatic carbocycles. The number of nitrogens with zero attached hydrogens (tertiary/aromatic N) is 1. The number of hydrogen-bond acceptors (Lipinski definition) is 4. The van der Waals surface area contributed by atoms with Gasteiger partial charge in [0.25, 0.3) is 0 Å². The van der Waals surface area contributed by atoms with E-state index in [0.29, 0.717) is 11.4 Å². The number of aliphatic carboxylic acids is 1. The van der Waals surface area contributed by atoms with Crippen molar-refractivity contribution in [3.8, 4) is 0 Å². The molecule has 0 radical (unpaired) electrons. The maximum atomic E-state index is 10.4. The Kier molecular flexibility index (Phi) is 3.64. The number of pyridine rings is 1. The van der Waals surface area contributed by atoms with Crippen molar-refractivity contribution in [2.45, 2.75) is 12.5 Å². The molecule has 0 saturated heterocycles. The van der Waals surface area contributed by atoms with Crippen LogP contribution in [0.3, 0.4) is 0 Å². The highest BCUT2D eigenvalue weighted by Gasteiger charge is 2.11. The van der Waals surface area contributed by atoms with Crippen LogP contribution in [0.15, 0.2) is 12.3 Å². The van der Waals surface area contributed by atoms with Crippen molar-refractivity contribution in [3.05, 3.63) is 21.4 Å². The molecule has 5 nitrogen and oxygen atoms in total. The summed E-state index contributed by atoms with van der Waals surface area (Å²) >= 11 is 2.03. The first-order valence-corrected chi connectivity index (χ1v) is 4.97. The zero-order valence-electron chi connectivity index (χ0n) is 7.27. The molecule has 1 atom stereocenters. The van der Waals surface area contributed by atoms with Gasteiger partial charge in [-0.05, 0) is 34.2 Å². The summed E-state index contributed by atoms with van der Waals surface area (Å²) in [5.74, 6) is -0.499. The Bertz CT molecular complexity index is 356. The topological polar surface area (TPSA) is 102 Å². The molecule has 76 valence electrons. The van der Waals surface area contributed by atoms with Crippen molar-refractivity contribution in [1.82, 2.24) is 4.98 Å². The third kappa shape index (κ3) is 2.81. The van der Waals surface area contributed by atoms with E-state index < -0.39 is 12.0 Å². The molecule has 5 N–H and O–H groups in total. The summed E-state index contributed by atoms with van der Waals surface area (Å²) in [7, 11) is 0. The van der Waals surface area contributed by atoms with Gasteiger partial charge in [0.1, 0.15) is 5.82 Å². The second-order valence-electron chi connectivity index (χ2n) is 2.84. The summed E-state index contributed by atoms with van der Waals surface area (Å²) in [6.45, 7) is 0. The van der Waals surface area contributed by atoms with Crippen molar-refractivity contribution in [1.29, 1.82) is 0 Å². The van der Waals surface area contributed by atoms with Gasteiger partial charge in [-0.2, -0.15) is 0 Å². The molecule has 1 unspecified atom stereocenters. The fourth-order valence-electron chi connectivity index (χ4n) is 0.972. The first kappa shape index (κ1) is 11.2. The van der Waals surface area contributed by atoms with Gasteiger partial charge in [0.15, 0.2) is 0 Å². The largest absolute Gasteiger partial charge is 0.481 e. The average Bonchev–Trinajstić information content (AvgIpc) is 2.08. The smallest absolute Gasteiger partial charge is 0.305 e. The van der Waals surface area contributed by atoms with Crippen molar-refractivity contribution in [3.63, 3.8) is 0 Å².